The molecule has 4 rings (SSSR count). The third-order valence-electron chi connectivity index (χ3n) is 5.68. The van der Waals surface area contributed by atoms with Gasteiger partial charge in [0.1, 0.15) is 18.1 Å². The molecule has 0 aliphatic carbocycles. The number of amides is 1. The molecule has 1 N–H and O–H groups in total. The maximum absolute atomic E-state index is 13.4. The lowest BCUT2D eigenvalue weighted by atomic mass is 10.1. The third-order valence-corrected chi connectivity index (χ3v) is 5.68. The lowest BCUT2D eigenvalue weighted by molar-refractivity contribution is -0.137. The summed E-state index contributed by atoms with van der Waals surface area (Å²) in [6.07, 6.45) is -1.65. The van der Waals surface area contributed by atoms with Crippen molar-refractivity contribution < 1.29 is 22.7 Å². The number of nitrogens with one attached hydrogen (secondary N) is 1. The van der Waals surface area contributed by atoms with Crippen molar-refractivity contribution in [3.8, 4) is 5.75 Å². The minimum Gasteiger partial charge on any atom is -0.492 e. The summed E-state index contributed by atoms with van der Waals surface area (Å²) in [4.78, 5) is 27.1. The van der Waals surface area contributed by atoms with E-state index in [0.29, 0.717) is 24.5 Å². The number of carbonyl (C=O) groups excluding carboxylic acids is 1. The SMILES string of the molecule is O=C(Nc1cc(C(F)(F)F)ccc1N1CCCCC1)c1ccc(=O)n(CCOc2ccccc2)n1. The predicted molar refractivity (Wildman–Crippen MR) is 126 cm³/mol. The van der Waals surface area contributed by atoms with Crippen LogP contribution in [0.15, 0.2) is 65.5 Å². The van der Waals surface area contributed by atoms with Crippen molar-refractivity contribution in [1.82, 2.24) is 9.78 Å². The van der Waals surface area contributed by atoms with Crippen molar-refractivity contribution in [2.45, 2.75) is 32.0 Å². The topological polar surface area (TPSA) is 76.5 Å². The summed E-state index contributed by atoms with van der Waals surface area (Å²) in [6, 6.07) is 14.8. The molecular weight excluding hydrogens is 461 g/mol. The number of piperidine rings is 1. The highest BCUT2D eigenvalue weighted by molar-refractivity contribution is 6.04. The molecule has 2 heterocycles. The van der Waals surface area contributed by atoms with Crippen LogP contribution in [0.3, 0.4) is 0 Å². The number of para-hydroxylation sites is 1. The summed E-state index contributed by atoms with van der Waals surface area (Å²) in [5.41, 5.74) is -0.795. The number of halogens is 3. The van der Waals surface area contributed by atoms with E-state index in [1.54, 1.807) is 12.1 Å². The quantitative estimate of drug-likeness (QED) is 0.529. The van der Waals surface area contributed by atoms with Crippen molar-refractivity contribution in [1.29, 1.82) is 0 Å². The average Bonchev–Trinajstić information content (AvgIpc) is 2.86. The van der Waals surface area contributed by atoms with Crippen molar-refractivity contribution in [2.24, 2.45) is 0 Å². The molecule has 1 aromatic heterocycles. The monoisotopic (exact) mass is 486 g/mol. The van der Waals surface area contributed by atoms with Gasteiger partial charge in [-0.15, -0.1) is 0 Å². The number of carbonyl (C=O) groups is 1. The van der Waals surface area contributed by atoms with Gasteiger partial charge in [-0.25, -0.2) is 4.68 Å². The second-order valence-electron chi connectivity index (χ2n) is 8.17. The number of rotatable bonds is 7. The molecule has 0 spiro atoms. The largest absolute Gasteiger partial charge is 0.492 e. The van der Waals surface area contributed by atoms with Crippen LogP contribution in [-0.2, 0) is 12.7 Å². The fourth-order valence-electron chi connectivity index (χ4n) is 3.91. The Labute approximate surface area is 200 Å². The molecule has 0 bridgehead atoms. The number of anilines is 2. The van der Waals surface area contributed by atoms with E-state index in [1.165, 1.54) is 18.2 Å². The molecule has 1 amide bonds. The van der Waals surface area contributed by atoms with Crippen LogP contribution in [0, 0.1) is 0 Å². The Morgan fingerprint density at radius 2 is 1.74 bits per heavy atom. The Morgan fingerprint density at radius 3 is 2.46 bits per heavy atom. The fourth-order valence-corrected chi connectivity index (χ4v) is 3.91. The summed E-state index contributed by atoms with van der Waals surface area (Å²) in [5.74, 6) is -0.0791. The van der Waals surface area contributed by atoms with Crippen LogP contribution in [0.4, 0.5) is 24.5 Å². The van der Waals surface area contributed by atoms with Gasteiger partial charge >= 0.3 is 6.18 Å². The highest BCUT2D eigenvalue weighted by Gasteiger charge is 2.32. The standard InChI is InChI=1S/C25H25F3N4O3/c26-25(27,28)18-9-11-22(31-13-5-2-6-14-31)21(17-18)29-24(34)20-10-12-23(33)32(30-20)15-16-35-19-7-3-1-4-8-19/h1,3-4,7-12,17H,2,5-6,13-16H2,(H,29,34). The molecule has 35 heavy (non-hydrogen) atoms. The smallest absolute Gasteiger partial charge is 0.416 e. The normalized spacial score (nSPS) is 14.0. The van der Waals surface area contributed by atoms with E-state index in [2.05, 4.69) is 10.4 Å². The van der Waals surface area contributed by atoms with Gasteiger partial charge in [0.15, 0.2) is 0 Å². The summed E-state index contributed by atoms with van der Waals surface area (Å²) in [6.45, 7) is 1.63. The Kier molecular flexibility index (Phi) is 7.38. The predicted octanol–water partition coefficient (Wildman–Crippen LogP) is 4.58. The van der Waals surface area contributed by atoms with E-state index in [0.717, 1.165) is 36.1 Å². The summed E-state index contributed by atoms with van der Waals surface area (Å²) in [5, 5.41) is 6.66. The van der Waals surface area contributed by atoms with Crippen LogP contribution in [0.1, 0.15) is 35.3 Å². The van der Waals surface area contributed by atoms with Gasteiger partial charge in [0.25, 0.3) is 11.5 Å². The van der Waals surface area contributed by atoms with Crippen LogP contribution >= 0.6 is 0 Å². The van der Waals surface area contributed by atoms with Gasteiger partial charge in [-0.1, -0.05) is 18.2 Å². The minimum atomic E-state index is -4.55. The first kappa shape index (κ1) is 24.3. The number of alkyl halides is 3. The van der Waals surface area contributed by atoms with Crippen LogP contribution in [0.25, 0.3) is 0 Å². The molecule has 3 aromatic rings. The van der Waals surface area contributed by atoms with Crippen molar-refractivity contribution in [3.63, 3.8) is 0 Å². The van der Waals surface area contributed by atoms with Gasteiger partial charge in [0.2, 0.25) is 0 Å². The van der Waals surface area contributed by atoms with E-state index < -0.39 is 23.2 Å². The van der Waals surface area contributed by atoms with Crippen molar-refractivity contribution >= 4 is 17.3 Å². The van der Waals surface area contributed by atoms with Gasteiger partial charge in [0.05, 0.1) is 23.5 Å². The zero-order valence-corrected chi connectivity index (χ0v) is 18.9. The molecule has 0 radical (unpaired) electrons. The van der Waals surface area contributed by atoms with E-state index in [-0.39, 0.29) is 24.5 Å². The zero-order valence-electron chi connectivity index (χ0n) is 18.9. The van der Waals surface area contributed by atoms with Crippen LogP contribution in [-0.4, -0.2) is 35.4 Å². The second-order valence-corrected chi connectivity index (χ2v) is 8.17. The van der Waals surface area contributed by atoms with Crippen molar-refractivity contribution in [3.05, 3.63) is 82.3 Å². The van der Waals surface area contributed by atoms with E-state index in [1.807, 2.05) is 23.1 Å². The number of benzene rings is 2. The number of ether oxygens (including phenoxy) is 1. The Morgan fingerprint density at radius 1 is 1.00 bits per heavy atom. The number of aromatic nitrogens is 2. The zero-order chi connectivity index (χ0) is 24.8. The third kappa shape index (κ3) is 6.20. The molecular formula is C25H25F3N4O3. The van der Waals surface area contributed by atoms with Crippen LogP contribution < -0.4 is 20.5 Å². The maximum Gasteiger partial charge on any atom is 0.416 e. The number of hydrogen-bond donors (Lipinski definition) is 1. The summed E-state index contributed by atoms with van der Waals surface area (Å²) in [7, 11) is 0. The van der Waals surface area contributed by atoms with Gasteiger partial charge in [-0.3, -0.25) is 9.59 Å². The average molecular weight is 486 g/mol. The Hall–Kier alpha value is -3.82. The maximum atomic E-state index is 13.4. The van der Waals surface area contributed by atoms with Crippen LogP contribution in [0.5, 0.6) is 5.75 Å². The molecule has 1 saturated heterocycles. The molecule has 10 heteroatoms. The molecule has 1 aliphatic heterocycles. The van der Waals surface area contributed by atoms with Gasteiger partial charge in [0, 0.05) is 19.2 Å². The first-order valence-corrected chi connectivity index (χ1v) is 11.3. The van der Waals surface area contributed by atoms with E-state index in [9.17, 15) is 22.8 Å². The minimum absolute atomic E-state index is 0.0543. The molecule has 1 aliphatic rings. The lowest BCUT2D eigenvalue weighted by Gasteiger charge is -2.31. The molecule has 0 atom stereocenters. The van der Waals surface area contributed by atoms with Crippen LogP contribution in [0.2, 0.25) is 0 Å². The van der Waals surface area contributed by atoms with Gasteiger partial charge in [-0.2, -0.15) is 18.3 Å². The van der Waals surface area contributed by atoms with Crippen molar-refractivity contribution in [2.75, 3.05) is 29.9 Å². The Balaban J connectivity index is 1.53. The summed E-state index contributed by atoms with van der Waals surface area (Å²) >= 11 is 0. The molecule has 0 unspecified atom stereocenters. The fraction of sp³-hybridized carbons (Fsp3) is 0.320. The van der Waals surface area contributed by atoms with E-state index in [4.69, 9.17) is 4.74 Å². The molecule has 0 saturated carbocycles. The highest BCUT2D eigenvalue weighted by Crippen LogP contribution is 2.36. The van der Waals surface area contributed by atoms with E-state index >= 15 is 0 Å². The second kappa shape index (κ2) is 10.6. The molecule has 1 fully saturated rings. The molecule has 2 aromatic carbocycles. The first-order chi connectivity index (χ1) is 16.8. The summed E-state index contributed by atoms with van der Waals surface area (Å²) < 4.78 is 46.7. The number of nitrogens with zero attached hydrogens (tertiary/aromatic N) is 3. The highest BCUT2D eigenvalue weighted by atomic mass is 19.4. The Bertz CT molecular complexity index is 1220. The lowest BCUT2D eigenvalue weighted by Crippen LogP contribution is -2.31. The number of hydrogen-bond acceptors (Lipinski definition) is 5. The molecule has 7 nitrogen and oxygen atoms in total. The molecule has 184 valence electrons. The van der Waals surface area contributed by atoms with Gasteiger partial charge < -0.3 is 15.0 Å². The first-order valence-electron chi connectivity index (χ1n) is 11.3. The van der Waals surface area contributed by atoms with Gasteiger partial charge in [-0.05, 0) is 55.7 Å².